The molecule has 0 saturated carbocycles. The Morgan fingerprint density at radius 2 is 2.05 bits per heavy atom. The topological polar surface area (TPSA) is 104 Å². The van der Waals surface area contributed by atoms with E-state index >= 15 is 0 Å². The second-order valence-electron chi connectivity index (χ2n) is 4.57. The lowest BCUT2D eigenvalue weighted by atomic mass is 10.2. The average molecular weight is 273 g/mol. The Morgan fingerprint density at radius 1 is 1.25 bits per heavy atom. The number of carbonyl (C=O) groups excluding carboxylic acids is 1. The number of nitrogens with two attached hydrogens (primary N) is 1. The molecule has 1 fully saturated rings. The molecular formula is C12H15N7O. The van der Waals surface area contributed by atoms with Gasteiger partial charge in [0.15, 0.2) is 5.69 Å². The van der Waals surface area contributed by atoms with Crippen molar-refractivity contribution in [1.29, 1.82) is 0 Å². The Bertz CT molecular complexity index is 590. The number of rotatable bonds is 2. The molecular weight excluding hydrogens is 258 g/mol. The van der Waals surface area contributed by atoms with Gasteiger partial charge in [0, 0.05) is 32.4 Å². The fourth-order valence-electron chi connectivity index (χ4n) is 2.30. The van der Waals surface area contributed by atoms with E-state index in [1.54, 1.807) is 17.3 Å². The number of anilines is 2. The van der Waals surface area contributed by atoms with E-state index in [1.807, 2.05) is 6.07 Å². The zero-order valence-electron chi connectivity index (χ0n) is 10.9. The van der Waals surface area contributed by atoms with Crippen LogP contribution in [0, 0.1) is 0 Å². The van der Waals surface area contributed by atoms with Crippen molar-refractivity contribution in [2.75, 3.05) is 36.8 Å². The van der Waals surface area contributed by atoms with Crippen LogP contribution in [-0.2, 0) is 0 Å². The van der Waals surface area contributed by atoms with E-state index in [-0.39, 0.29) is 5.91 Å². The van der Waals surface area contributed by atoms with Crippen molar-refractivity contribution in [3.63, 3.8) is 0 Å². The number of carbonyl (C=O) groups is 1. The maximum atomic E-state index is 12.1. The summed E-state index contributed by atoms with van der Waals surface area (Å²) in [5.74, 6) is -0.0962. The molecule has 1 aliphatic heterocycles. The van der Waals surface area contributed by atoms with Gasteiger partial charge in [-0.1, -0.05) is 0 Å². The molecule has 3 rings (SSSR count). The Balaban J connectivity index is 1.65. The third kappa shape index (κ3) is 2.27. The third-order valence-electron chi connectivity index (χ3n) is 3.37. The molecule has 0 bridgehead atoms. The van der Waals surface area contributed by atoms with Crippen LogP contribution in [0.4, 0.5) is 11.4 Å². The first-order chi connectivity index (χ1) is 9.75. The predicted molar refractivity (Wildman–Crippen MR) is 73.1 cm³/mol. The van der Waals surface area contributed by atoms with Crippen molar-refractivity contribution in [1.82, 2.24) is 25.3 Å². The van der Waals surface area contributed by atoms with Crippen molar-refractivity contribution < 1.29 is 4.79 Å². The van der Waals surface area contributed by atoms with Crippen LogP contribution >= 0.6 is 0 Å². The fraction of sp³-hybridized carbons (Fsp3) is 0.333. The SMILES string of the molecule is Nc1cnccc1N1CCN(C(=O)c2cn[nH]n2)CC1. The molecule has 0 spiro atoms. The van der Waals surface area contributed by atoms with Crippen LogP contribution in [0.15, 0.2) is 24.7 Å². The average Bonchev–Trinajstić information content (AvgIpc) is 3.01. The smallest absolute Gasteiger partial charge is 0.276 e. The highest BCUT2D eigenvalue weighted by Crippen LogP contribution is 2.22. The van der Waals surface area contributed by atoms with Gasteiger partial charge in [0.1, 0.15) is 0 Å². The molecule has 104 valence electrons. The Labute approximate surface area is 115 Å². The molecule has 0 radical (unpaired) electrons. The monoisotopic (exact) mass is 273 g/mol. The lowest BCUT2D eigenvalue weighted by Gasteiger charge is -2.36. The van der Waals surface area contributed by atoms with Gasteiger partial charge in [-0.15, -0.1) is 0 Å². The third-order valence-corrected chi connectivity index (χ3v) is 3.37. The minimum atomic E-state index is -0.0962. The second-order valence-corrected chi connectivity index (χ2v) is 4.57. The lowest BCUT2D eigenvalue weighted by molar-refractivity contribution is 0.0741. The number of amides is 1. The Hall–Kier alpha value is -2.64. The molecule has 1 amide bonds. The number of nitrogens with zero attached hydrogens (tertiary/aromatic N) is 5. The number of H-pyrrole nitrogens is 1. The summed E-state index contributed by atoms with van der Waals surface area (Å²) in [4.78, 5) is 20.0. The van der Waals surface area contributed by atoms with Gasteiger partial charge >= 0.3 is 0 Å². The maximum Gasteiger partial charge on any atom is 0.276 e. The Kier molecular flexibility index (Phi) is 3.20. The highest BCUT2D eigenvalue weighted by Gasteiger charge is 2.24. The molecule has 1 saturated heterocycles. The second kappa shape index (κ2) is 5.16. The van der Waals surface area contributed by atoms with E-state index in [4.69, 9.17) is 5.73 Å². The Morgan fingerprint density at radius 3 is 2.70 bits per heavy atom. The van der Waals surface area contributed by atoms with Crippen LogP contribution in [0.2, 0.25) is 0 Å². The molecule has 20 heavy (non-hydrogen) atoms. The van der Waals surface area contributed by atoms with E-state index in [0.717, 1.165) is 18.8 Å². The number of aromatic nitrogens is 4. The van der Waals surface area contributed by atoms with Gasteiger partial charge in [0.2, 0.25) is 0 Å². The highest BCUT2D eigenvalue weighted by atomic mass is 16.2. The van der Waals surface area contributed by atoms with Gasteiger partial charge in [0.25, 0.3) is 5.91 Å². The summed E-state index contributed by atoms with van der Waals surface area (Å²) in [6, 6.07) is 1.89. The van der Waals surface area contributed by atoms with Crippen LogP contribution in [-0.4, -0.2) is 57.4 Å². The van der Waals surface area contributed by atoms with E-state index in [2.05, 4.69) is 25.3 Å². The number of hydrogen-bond donors (Lipinski definition) is 2. The van der Waals surface area contributed by atoms with Gasteiger partial charge in [-0.05, 0) is 6.07 Å². The molecule has 8 nitrogen and oxygen atoms in total. The molecule has 3 heterocycles. The van der Waals surface area contributed by atoms with Gasteiger partial charge in [0.05, 0.1) is 23.8 Å². The fourth-order valence-corrected chi connectivity index (χ4v) is 2.30. The molecule has 1 aliphatic rings. The summed E-state index contributed by atoms with van der Waals surface area (Å²) in [6.45, 7) is 2.73. The number of nitrogens with one attached hydrogen (secondary N) is 1. The zero-order valence-corrected chi connectivity index (χ0v) is 10.9. The summed E-state index contributed by atoms with van der Waals surface area (Å²) in [5.41, 5.74) is 7.89. The van der Waals surface area contributed by atoms with Gasteiger partial charge < -0.3 is 15.5 Å². The normalized spacial score (nSPS) is 15.4. The first kappa shape index (κ1) is 12.4. The standard InChI is InChI=1S/C12H15N7O/c13-9-7-14-2-1-11(9)18-3-5-19(6-4-18)12(20)10-8-15-17-16-10/h1-2,7-8H,3-6,13H2,(H,15,16,17). The van der Waals surface area contributed by atoms with E-state index in [1.165, 1.54) is 6.20 Å². The van der Waals surface area contributed by atoms with Crippen molar-refractivity contribution in [2.24, 2.45) is 0 Å². The van der Waals surface area contributed by atoms with Crippen molar-refractivity contribution in [2.45, 2.75) is 0 Å². The van der Waals surface area contributed by atoms with Crippen LogP contribution in [0.1, 0.15) is 10.5 Å². The summed E-state index contributed by atoms with van der Waals surface area (Å²) in [6.07, 6.45) is 4.80. The first-order valence-electron chi connectivity index (χ1n) is 6.35. The number of hydrogen-bond acceptors (Lipinski definition) is 6. The quantitative estimate of drug-likeness (QED) is 0.781. The maximum absolute atomic E-state index is 12.1. The van der Waals surface area contributed by atoms with Crippen LogP contribution < -0.4 is 10.6 Å². The number of aromatic amines is 1. The number of piperazine rings is 1. The molecule has 0 aromatic carbocycles. The van der Waals surface area contributed by atoms with Crippen molar-refractivity contribution in [3.8, 4) is 0 Å². The number of pyridine rings is 1. The minimum absolute atomic E-state index is 0.0962. The van der Waals surface area contributed by atoms with Gasteiger partial charge in [-0.3, -0.25) is 9.78 Å². The van der Waals surface area contributed by atoms with Crippen LogP contribution in [0.5, 0.6) is 0 Å². The molecule has 2 aromatic heterocycles. The first-order valence-corrected chi connectivity index (χ1v) is 6.35. The molecule has 3 N–H and O–H groups in total. The van der Waals surface area contributed by atoms with Gasteiger partial charge in [-0.2, -0.15) is 15.4 Å². The largest absolute Gasteiger partial charge is 0.396 e. The summed E-state index contributed by atoms with van der Waals surface area (Å²) < 4.78 is 0. The molecule has 0 unspecified atom stereocenters. The molecule has 2 aromatic rings. The summed E-state index contributed by atoms with van der Waals surface area (Å²) in [7, 11) is 0. The molecule has 8 heteroatoms. The zero-order chi connectivity index (χ0) is 13.9. The van der Waals surface area contributed by atoms with E-state index in [9.17, 15) is 4.79 Å². The van der Waals surface area contributed by atoms with E-state index < -0.39 is 0 Å². The van der Waals surface area contributed by atoms with Crippen LogP contribution in [0.25, 0.3) is 0 Å². The number of nitrogen functional groups attached to an aromatic ring is 1. The predicted octanol–water partition coefficient (Wildman–Crippen LogP) is -0.256. The van der Waals surface area contributed by atoms with Crippen LogP contribution in [0.3, 0.4) is 0 Å². The summed E-state index contributed by atoms with van der Waals surface area (Å²) in [5, 5.41) is 9.92. The molecule has 0 atom stereocenters. The van der Waals surface area contributed by atoms with Crippen molar-refractivity contribution >= 4 is 17.3 Å². The van der Waals surface area contributed by atoms with Gasteiger partial charge in [-0.25, -0.2) is 0 Å². The summed E-state index contributed by atoms with van der Waals surface area (Å²) >= 11 is 0. The van der Waals surface area contributed by atoms with Crippen molar-refractivity contribution in [3.05, 3.63) is 30.4 Å². The molecule has 0 aliphatic carbocycles. The van der Waals surface area contributed by atoms with E-state index in [0.29, 0.717) is 24.5 Å². The highest BCUT2D eigenvalue weighted by molar-refractivity contribution is 5.92. The lowest BCUT2D eigenvalue weighted by Crippen LogP contribution is -2.49. The minimum Gasteiger partial charge on any atom is -0.396 e.